The second-order valence-corrected chi connectivity index (χ2v) is 16.8. The molecular weight excluding hydrogens is 252 g/mol. The Morgan fingerprint density at radius 1 is 0.571 bits per heavy atom. The Labute approximate surface area is 99.5 Å². The number of hydrogen-bond donors (Lipinski definition) is 0. The van der Waals surface area contributed by atoms with Gasteiger partial charge in [-0.2, -0.15) is 0 Å². The third-order valence-corrected chi connectivity index (χ3v) is 20.0. The van der Waals surface area contributed by atoms with Gasteiger partial charge in [0, 0.05) is 0 Å². The molecule has 2 heteroatoms. The Kier molecular flexibility index (Phi) is 3.80. The molecule has 86 valence electrons. The fourth-order valence-corrected chi connectivity index (χ4v) is 10.1. The van der Waals surface area contributed by atoms with Gasteiger partial charge in [-0.3, -0.25) is 0 Å². The van der Waals surface area contributed by atoms with Gasteiger partial charge in [0.25, 0.3) is 0 Å². The monoisotopic (exact) mass is 278 g/mol. The van der Waals surface area contributed by atoms with Crippen molar-refractivity contribution in [3.05, 3.63) is 0 Å². The van der Waals surface area contributed by atoms with Gasteiger partial charge in [-0.1, -0.05) is 62.3 Å². The van der Waals surface area contributed by atoms with E-state index in [0.29, 0.717) is 15.1 Å². The summed E-state index contributed by atoms with van der Waals surface area (Å²) in [5.74, 6) is 0. The van der Waals surface area contributed by atoms with Gasteiger partial charge in [-0.15, -0.1) is 15.3 Å². The van der Waals surface area contributed by atoms with Gasteiger partial charge in [0.2, 0.25) is 0 Å². The van der Waals surface area contributed by atoms with E-state index in [1.54, 1.807) is 0 Å². The number of halogens is 1. The van der Waals surface area contributed by atoms with Gasteiger partial charge < -0.3 is 0 Å². The first-order valence-corrected chi connectivity index (χ1v) is 9.70. The second kappa shape index (κ2) is 3.62. The van der Waals surface area contributed by atoms with Gasteiger partial charge in [0.15, 0.2) is 0 Å². The smallest absolute Gasteiger partial charge is 0.125 e. The normalized spacial score (nSPS) is 15.9. The maximum atomic E-state index is 4.19. The SMILES string of the molecule is CC(C)(C)[Si](Br)(C(C)(C)C)C(C)(C)C. The fourth-order valence-electron chi connectivity index (χ4n) is 3.38. The lowest BCUT2D eigenvalue weighted by molar-refractivity contribution is 0.561. The molecule has 0 aromatic heterocycles. The highest BCUT2D eigenvalue weighted by atomic mass is 79.9. The first kappa shape index (κ1) is 14.7. The molecule has 0 radical (unpaired) electrons. The standard InChI is InChI=1S/C12H27BrSi/c1-10(2,3)14(13,11(4,5)6)12(7,8)9/h1-9H3. The summed E-state index contributed by atoms with van der Waals surface area (Å²) in [4.78, 5) is 0. The Morgan fingerprint density at radius 3 is 0.714 bits per heavy atom. The van der Waals surface area contributed by atoms with Gasteiger partial charge in [-0.25, -0.2) is 0 Å². The lowest BCUT2D eigenvalue weighted by Crippen LogP contribution is -2.53. The molecule has 0 aromatic rings. The Hall–Kier alpha value is 0.697. The van der Waals surface area contributed by atoms with E-state index in [2.05, 4.69) is 77.6 Å². The average Bonchev–Trinajstić information content (AvgIpc) is 1.77. The van der Waals surface area contributed by atoms with Crippen molar-refractivity contribution in [2.75, 3.05) is 0 Å². The van der Waals surface area contributed by atoms with E-state index >= 15 is 0 Å². The minimum absolute atomic E-state index is 0.378. The van der Waals surface area contributed by atoms with Gasteiger partial charge >= 0.3 is 0 Å². The zero-order chi connectivity index (χ0) is 12.0. The van der Waals surface area contributed by atoms with E-state index in [4.69, 9.17) is 0 Å². The van der Waals surface area contributed by atoms with E-state index < -0.39 is 6.69 Å². The summed E-state index contributed by atoms with van der Waals surface area (Å²) in [6.07, 6.45) is 0. The van der Waals surface area contributed by atoms with Gasteiger partial charge in [0.1, 0.15) is 6.69 Å². The van der Waals surface area contributed by atoms with Crippen LogP contribution in [0.4, 0.5) is 0 Å². The van der Waals surface area contributed by atoms with E-state index in [-0.39, 0.29) is 0 Å². The van der Waals surface area contributed by atoms with Crippen molar-refractivity contribution >= 4 is 22.0 Å². The van der Waals surface area contributed by atoms with Crippen molar-refractivity contribution < 1.29 is 0 Å². The molecule has 0 amide bonds. The van der Waals surface area contributed by atoms with Crippen LogP contribution in [0.15, 0.2) is 0 Å². The molecule has 0 heterocycles. The van der Waals surface area contributed by atoms with Crippen LogP contribution in [0.25, 0.3) is 0 Å². The van der Waals surface area contributed by atoms with E-state index in [0.717, 1.165) is 0 Å². The third kappa shape index (κ3) is 2.26. The largest absolute Gasteiger partial charge is 0.146 e. The van der Waals surface area contributed by atoms with Crippen LogP contribution in [0.5, 0.6) is 0 Å². The average molecular weight is 279 g/mol. The van der Waals surface area contributed by atoms with Crippen LogP contribution in [0.1, 0.15) is 62.3 Å². The van der Waals surface area contributed by atoms with Crippen molar-refractivity contribution in [2.45, 2.75) is 77.4 Å². The molecule has 0 aromatic carbocycles. The van der Waals surface area contributed by atoms with Gasteiger partial charge in [-0.05, 0) is 15.1 Å². The summed E-state index contributed by atoms with van der Waals surface area (Å²) < 4.78 is 0. The molecule has 14 heavy (non-hydrogen) atoms. The molecule has 0 aliphatic rings. The van der Waals surface area contributed by atoms with Crippen molar-refractivity contribution in [1.29, 1.82) is 0 Å². The maximum Gasteiger partial charge on any atom is 0.146 e. The quantitative estimate of drug-likeness (QED) is 0.392. The van der Waals surface area contributed by atoms with Crippen LogP contribution in [0.2, 0.25) is 15.1 Å². The van der Waals surface area contributed by atoms with Crippen LogP contribution < -0.4 is 0 Å². The number of hydrogen-bond acceptors (Lipinski definition) is 0. The summed E-state index contributed by atoms with van der Waals surface area (Å²) >= 11 is 4.19. The number of rotatable bonds is 0. The highest BCUT2D eigenvalue weighted by Gasteiger charge is 2.58. The molecule has 0 unspecified atom stereocenters. The second-order valence-electron chi connectivity index (χ2n) is 7.41. The first-order valence-electron chi connectivity index (χ1n) is 5.44. The van der Waals surface area contributed by atoms with Crippen molar-refractivity contribution in [1.82, 2.24) is 0 Å². The summed E-state index contributed by atoms with van der Waals surface area (Å²) in [5.41, 5.74) is 0. The summed E-state index contributed by atoms with van der Waals surface area (Å²) in [5, 5.41) is 1.14. The van der Waals surface area contributed by atoms with Crippen LogP contribution in [0, 0.1) is 0 Å². The van der Waals surface area contributed by atoms with Crippen LogP contribution in [0.3, 0.4) is 0 Å². The Morgan fingerprint density at radius 2 is 0.714 bits per heavy atom. The molecule has 0 aliphatic carbocycles. The highest BCUT2D eigenvalue weighted by molar-refractivity contribution is 9.26. The summed E-state index contributed by atoms with van der Waals surface area (Å²) in [7, 11) is 0. The van der Waals surface area contributed by atoms with E-state index in [1.807, 2.05) is 0 Å². The molecule has 0 saturated heterocycles. The highest BCUT2D eigenvalue weighted by Crippen LogP contribution is 2.65. The molecule has 0 bridgehead atoms. The zero-order valence-electron chi connectivity index (χ0n) is 11.4. The molecule has 0 saturated carbocycles. The molecule has 0 atom stereocenters. The van der Waals surface area contributed by atoms with Crippen molar-refractivity contribution in [3.8, 4) is 0 Å². The maximum absolute atomic E-state index is 4.19. The predicted octanol–water partition coefficient (Wildman–Crippen LogP) is 5.73. The third-order valence-electron chi connectivity index (χ3n) is 3.10. The van der Waals surface area contributed by atoms with Crippen molar-refractivity contribution in [3.63, 3.8) is 0 Å². The zero-order valence-corrected chi connectivity index (χ0v) is 14.0. The topological polar surface area (TPSA) is 0 Å². The summed E-state index contributed by atoms with van der Waals surface area (Å²) in [6, 6.07) is 0. The first-order chi connectivity index (χ1) is 5.75. The predicted molar refractivity (Wildman–Crippen MR) is 73.8 cm³/mol. The summed E-state index contributed by atoms with van der Waals surface area (Å²) in [6.45, 7) is 19.9. The minimum Gasteiger partial charge on any atom is -0.125 e. The molecule has 0 nitrogen and oxygen atoms in total. The molecular formula is C12H27BrSi. The molecule has 0 fully saturated rings. The fraction of sp³-hybridized carbons (Fsp3) is 1.00. The molecule has 0 N–H and O–H groups in total. The van der Waals surface area contributed by atoms with Crippen LogP contribution >= 0.6 is 15.3 Å². The van der Waals surface area contributed by atoms with Crippen molar-refractivity contribution in [2.24, 2.45) is 0 Å². The van der Waals surface area contributed by atoms with E-state index in [1.165, 1.54) is 0 Å². The van der Waals surface area contributed by atoms with E-state index in [9.17, 15) is 0 Å². The lowest BCUT2D eigenvalue weighted by Gasteiger charge is -2.55. The Balaban J connectivity index is 5.54. The molecule has 0 spiro atoms. The Bertz CT molecular complexity index is 164. The lowest BCUT2D eigenvalue weighted by atomic mass is 10.2. The van der Waals surface area contributed by atoms with Crippen LogP contribution in [-0.4, -0.2) is 6.69 Å². The molecule has 0 rings (SSSR count). The molecule has 0 aliphatic heterocycles. The van der Waals surface area contributed by atoms with Gasteiger partial charge in [0.05, 0.1) is 0 Å². The van der Waals surface area contributed by atoms with Crippen LogP contribution in [-0.2, 0) is 0 Å². The minimum atomic E-state index is -1.54.